The van der Waals surface area contributed by atoms with Gasteiger partial charge in [-0.1, -0.05) is 53.6 Å². The lowest BCUT2D eigenvalue weighted by molar-refractivity contribution is -0.116. The summed E-state index contributed by atoms with van der Waals surface area (Å²) >= 11 is 0. The summed E-state index contributed by atoms with van der Waals surface area (Å²) in [7, 11) is 0. The summed E-state index contributed by atoms with van der Waals surface area (Å²) in [6.07, 6.45) is 0.757. The van der Waals surface area contributed by atoms with Gasteiger partial charge >= 0.3 is 6.01 Å². The molecule has 1 amide bonds. The van der Waals surface area contributed by atoms with Crippen LogP contribution in [0.25, 0.3) is 11.5 Å². The summed E-state index contributed by atoms with van der Waals surface area (Å²) in [5.41, 5.74) is 3.80. The number of aliphatic imine (C=N–C) groups is 1. The Balaban J connectivity index is 1.32. The van der Waals surface area contributed by atoms with Crippen LogP contribution in [0.2, 0.25) is 0 Å². The molecule has 2 N–H and O–H groups in total. The third-order valence-corrected chi connectivity index (χ3v) is 6.34. The summed E-state index contributed by atoms with van der Waals surface area (Å²) < 4.78 is 11.5. The number of morpholine rings is 1. The Kier molecular flexibility index (Phi) is 6.07. The van der Waals surface area contributed by atoms with Crippen LogP contribution in [-0.4, -0.2) is 58.8 Å². The van der Waals surface area contributed by atoms with Crippen LogP contribution >= 0.6 is 0 Å². The van der Waals surface area contributed by atoms with E-state index in [4.69, 9.17) is 14.1 Å². The number of amides is 1. The number of aromatic nitrogens is 3. The molecule has 2 aromatic carbocycles. The maximum atomic E-state index is 13.1. The molecule has 4 aromatic rings. The van der Waals surface area contributed by atoms with Crippen LogP contribution in [0, 0.1) is 0 Å². The van der Waals surface area contributed by atoms with Gasteiger partial charge in [-0.05, 0) is 25.1 Å². The van der Waals surface area contributed by atoms with Gasteiger partial charge in [-0.25, -0.2) is 9.98 Å². The number of nitrogens with one attached hydrogen (secondary N) is 2. The molecule has 0 aliphatic carbocycles. The van der Waals surface area contributed by atoms with E-state index in [-0.39, 0.29) is 18.0 Å². The van der Waals surface area contributed by atoms with E-state index in [0.29, 0.717) is 42.6 Å². The predicted molar refractivity (Wildman–Crippen MR) is 140 cm³/mol. The number of hydrogen-bond donors (Lipinski definition) is 2. The minimum Gasteiger partial charge on any atom is -0.403 e. The van der Waals surface area contributed by atoms with Crippen LogP contribution in [-0.2, 0) is 9.53 Å². The zero-order chi connectivity index (χ0) is 25.2. The zero-order valence-corrected chi connectivity index (χ0v) is 20.2. The first-order valence-electron chi connectivity index (χ1n) is 12.1. The van der Waals surface area contributed by atoms with E-state index >= 15 is 0 Å². The van der Waals surface area contributed by atoms with E-state index in [0.717, 1.165) is 16.9 Å². The normalized spacial score (nSPS) is 19.4. The van der Waals surface area contributed by atoms with Gasteiger partial charge in [0.25, 0.3) is 11.8 Å². The van der Waals surface area contributed by atoms with Crippen LogP contribution in [0.3, 0.4) is 0 Å². The maximum absolute atomic E-state index is 13.1. The first kappa shape index (κ1) is 22.9. The second-order valence-corrected chi connectivity index (χ2v) is 8.83. The summed E-state index contributed by atoms with van der Waals surface area (Å²) in [5, 5.41) is 14.4. The summed E-state index contributed by atoms with van der Waals surface area (Å²) in [6.45, 7) is 4.04. The molecule has 0 unspecified atom stereocenters. The number of fused-ring (bicyclic) bond motifs is 1. The molecule has 10 heteroatoms. The second-order valence-electron chi connectivity index (χ2n) is 8.83. The number of carbonyl (C=O) groups excluding carboxylic acids is 1. The molecule has 2 aromatic heterocycles. The molecule has 4 heterocycles. The number of hydrogen-bond acceptors (Lipinski definition) is 9. The SMILES string of the molecule is C[C@@H]1COCCN1c1ncccc1-c1nnc(N[C@H]2N=C(c3ccccc3)c3ccccc3NC2=O)o1. The van der Waals surface area contributed by atoms with Crippen molar-refractivity contribution >= 4 is 29.1 Å². The molecule has 0 radical (unpaired) electrons. The largest absolute Gasteiger partial charge is 0.403 e. The molecule has 10 nitrogen and oxygen atoms in total. The third kappa shape index (κ3) is 4.54. The lowest BCUT2D eigenvalue weighted by atomic mass is 10.0. The maximum Gasteiger partial charge on any atom is 0.317 e. The van der Waals surface area contributed by atoms with Crippen LogP contribution in [0.15, 0.2) is 82.3 Å². The van der Waals surface area contributed by atoms with E-state index in [1.54, 1.807) is 6.20 Å². The molecule has 186 valence electrons. The lowest BCUT2D eigenvalue weighted by Crippen LogP contribution is -2.44. The van der Waals surface area contributed by atoms with Crippen molar-refractivity contribution in [1.29, 1.82) is 0 Å². The van der Waals surface area contributed by atoms with Crippen molar-refractivity contribution in [2.45, 2.75) is 19.1 Å². The van der Waals surface area contributed by atoms with Crippen molar-refractivity contribution in [3.63, 3.8) is 0 Å². The Morgan fingerprint density at radius 1 is 1.00 bits per heavy atom. The summed E-state index contributed by atoms with van der Waals surface area (Å²) in [6, 6.07) is 21.3. The Hall–Kier alpha value is -4.57. The third-order valence-electron chi connectivity index (χ3n) is 6.34. The number of anilines is 3. The first-order chi connectivity index (χ1) is 18.2. The molecule has 37 heavy (non-hydrogen) atoms. The minimum atomic E-state index is -0.983. The van der Waals surface area contributed by atoms with Gasteiger partial charge in [0.15, 0.2) is 0 Å². The Morgan fingerprint density at radius 2 is 1.81 bits per heavy atom. The monoisotopic (exact) mass is 495 g/mol. The number of benzene rings is 2. The van der Waals surface area contributed by atoms with Gasteiger partial charge in [0, 0.05) is 23.9 Å². The molecule has 6 rings (SSSR count). The van der Waals surface area contributed by atoms with Crippen molar-refractivity contribution < 1.29 is 13.9 Å². The van der Waals surface area contributed by atoms with E-state index in [9.17, 15) is 4.79 Å². The van der Waals surface area contributed by atoms with Gasteiger partial charge in [0.2, 0.25) is 6.17 Å². The number of nitrogens with zero attached hydrogens (tertiary/aromatic N) is 5. The topological polar surface area (TPSA) is 118 Å². The Labute approximate surface area is 213 Å². The van der Waals surface area contributed by atoms with Gasteiger partial charge in [0.1, 0.15) is 5.82 Å². The molecular formula is C27H25N7O3. The molecule has 0 spiro atoms. The molecule has 0 saturated carbocycles. The first-order valence-corrected chi connectivity index (χ1v) is 12.1. The van der Waals surface area contributed by atoms with Crippen LogP contribution in [0.1, 0.15) is 18.1 Å². The highest BCUT2D eigenvalue weighted by Gasteiger charge is 2.28. The average Bonchev–Trinajstić information content (AvgIpc) is 3.35. The highest BCUT2D eigenvalue weighted by Crippen LogP contribution is 2.31. The summed E-state index contributed by atoms with van der Waals surface area (Å²) in [5.74, 6) is 0.719. The quantitative estimate of drug-likeness (QED) is 0.431. The van der Waals surface area contributed by atoms with Gasteiger partial charge in [-0.15, -0.1) is 5.10 Å². The van der Waals surface area contributed by atoms with Crippen LogP contribution in [0.5, 0.6) is 0 Å². The Morgan fingerprint density at radius 3 is 2.68 bits per heavy atom. The minimum absolute atomic E-state index is 0.0853. The molecule has 0 bridgehead atoms. The van der Waals surface area contributed by atoms with Crippen molar-refractivity contribution in [3.8, 4) is 11.5 Å². The second kappa shape index (κ2) is 9.82. The van der Waals surface area contributed by atoms with Gasteiger partial charge < -0.3 is 24.7 Å². The molecule has 1 fully saturated rings. The van der Waals surface area contributed by atoms with E-state index in [1.165, 1.54) is 0 Å². The van der Waals surface area contributed by atoms with Crippen molar-refractivity contribution in [2.75, 3.05) is 35.3 Å². The van der Waals surface area contributed by atoms with Gasteiger partial charge in [-0.3, -0.25) is 4.79 Å². The van der Waals surface area contributed by atoms with Gasteiger partial charge in [-0.2, -0.15) is 0 Å². The highest BCUT2D eigenvalue weighted by molar-refractivity contribution is 6.19. The zero-order valence-electron chi connectivity index (χ0n) is 20.2. The molecule has 1 saturated heterocycles. The highest BCUT2D eigenvalue weighted by atomic mass is 16.5. The Bertz CT molecular complexity index is 1450. The number of benzodiazepines with no additional fused rings is 1. The smallest absolute Gasteiger partial charge is 0.317 e. The fourth-order valence-corrected chi connectivity index (χ4v) is 4.52. The molecule has 2 atom stereocenters. The summed E-state index contributed by atoms with van der Waals surface area (Å²) in [4.78, 5) is 24.7. The number of pyridine rings is 1. The van der Waals surface area contributed by atoms with Crippen molar-refractivity contribution in [1.82, 2.24) is 15.2 Å². The van der Waals surface area contributed by atoms with Crippen molar-refractivity contribution in [3.05, 3.63) is 84.1 Å². The lowest BCUT2D eigenvalue weighted by Gasteiger charge is -2.34. The molecule has 2 aliphatic rings. The molecule has 2 aliphatic heterocycles. The number of carbonyl (C=O) groups is 1. The number of ether oxygens (including phenoxy) is 1. The average molecular weight is 496 g/mol. The van der Waals surface area contributed by atoms with Crippen LogP contribution < -0.4 is 15.5 Å². The van der Waals surface area contributed by atoms with E-state index in [2.05, 4.69) is 37.6 Å². The fourth-order valence-electron chi connectivity index (χ4n) is 4.52. The van der Waals surface area contributed by atoms with Gasteiger partial charge in [0.05, 0.1) is 36.2 Å². The van der Waals surface area contributed by atoms with Crippen LogP contribution in [0.4, 0.5) is 17.5 Å². The number of rotatable bonds is 5. The standard InChI is InChI=1S/C27H25N7O3/c1-17-16-36-15-14-34(17)24-20(11-7-13-28-24)26-32-33-27(37-26)31-23-25(35)29-21-12-6-5-10-19(21)22(30-23)18-8-3-2-4-9-18/h2-13,17,23H,14-16H2,1H3,(H,29,35)(H,31,33)/t17-,23-/m1/s1. The van der Waals surface area contributed by atoms with E-state index < -0.39 is 6.17 Å². The van der Waals surface area contributed by atoms with E-state index in [1.807, 2.05) is 66.7 Å². The van der Waals surface area contributed by atoms with Crippen molar-refractivity contribution in [2.24, 2.45) is 4.99 Å². The fraction of sp³-hybridized carbons (Fsp3) is 0.222. The number of para-hydroxylation sites is 1. The molecular weight excluding hydrogens is 470 g/mol. The predicted octanol–water partition coefficient (Wildman–Crippen LogP) is 3.58.